The molecule has 2 heterocycles. The van der Waals surface area contributed by atoms with Crippen LogP contribution in [-0.4, -0.2) is 65.8 Å². The van der Waals surface area contributed by atoms with E-state index in [1.54, 1.807) is 0 Å². The number of hydrogen-bond acceptors (Lipinski definition) is 5. The fraction of sp³-hybridized carbons (Fsp3) is 0.692. The number of rotatable bonds is 13. The molecule has 3 atom stereocenters. The summed E-state index contributed by atoms with van der Waals surface area (Å²) in [5.41, 5.74) is 0.942. The molecule has 1 N–H and O–H groups in total. The molecule has 0 radical (unpaired) electrons. The summed E-state index contributed by atoms with van der Waals surface area (Å²) in [4.78, 5) is 29.9. The topological polar surface area (TPSA) is 79.3 Å². The molecule has 0 spiro atoms. The largest absolute Gasteiger partial charge is 0.481 e. The number of benzene rings is 1. The van der Waals surface area contributed by atoms with Gasteiger partial charge in [0, 0.05) is 31.6 Å². The Morgan fingerprint density at radius 2 is 1.70 bits per heavy atom. The highest BCUT2D eigenvalue weighted by atomic mass is 16.7. The van der Waals surface area contributed by atoms with Crippen molar-refractivity contribution < 1.29 is 24.2 Å². The van der Waals surface area contributed by atoms with Crippen LogP contribution in [0.3, 0.4) is 0 Å². The molecular weight excluding hydrogens is 420 g/mol. The van der Waals surface area contributed by atoms with Crippen LogP contribution in [-0.2, 0) is 9.59 Å². The zero-order chi connectivity index (χ0) is 23.8. The second-order valence-corrected chi connectivity index (χ2v) is 9.31. The number of aliphatic carboxylic acids is 1. The lowest BCUT2D eigenvalue weighted by atomic mass is 9.83. The Morgan fingerprint density at radius 3 is 2.33 bits per heavy atom. The first-order valence-electron chi connectivity index (χ1n) is 12.6. The molecule has 1 saturated heterocycles. The molecule has 0 unspecified atom stereocenters. The number of carbonyl (C=O) groups is 2. The monoisotopic (exact) mass is 460 g/mol. The third-order valence-corrected chi connectivity index (χ3v) is 6.97. The van der Waals surface area contributed by atoms with Crippen LogP contribution in [0.1, 0.15) is 77.2 Å². The predicted octanol–water partition coefficient (Wildman–Crippen LogP) is 4.50. The number of nitrogens with zero attached hydrogens (tertiary/aromatic N) is 2. The van der Waals surface area contributed by atoms with Crippen molar-refractivity contribution in [3.05, 3.63) is 23.8 Å². The Balaban J connectivity index is 1.82. The fourth-order valence-electron chi connectivity index (χ4n) is 5.08. The molecule has 1 fully saturated rings. The SMILES string of the molecule is CCCC[C@@H]1[C@@H](C(=O)O)[C@@H](c2ccc3c(c2)OCO3)CN1CC(=O)N(CCCC)CCCC. The highest BCUT2D eigenvalue weighted by Crippen LogP contribution is 2.43. The Morgan fingerprint density at radius 1 is 1.03 bits per heavy atom. The Bertz CT molecular complexity index is 791. The third kappa shape index (κ3) is 6.19. The van der Waals surface area contributed by atoms with Gasteiger partial charge in [0.25, 0.3) is 0 Å². The van der Waals surface area contributed by atoms with Crippen LogP contribution in [0.4, 0.5) is 0 Å². The molecule has 1 aromatic rings. The molecule has 2 aliphatic heterocycles. The first-order valence-corrected chi connectivity index (χ1v) is 12.6. The van der Waals surface area contributed by atoms with Gasteiger partial charge in [0.2, 0.25) is 12.7 Å². The van der Waals surface area contributed by atoms with Crippen molar-refractivity contribution in [3.8, 4) is 11.5 Å². The van der Waals surface area contributed by atoms with Gasteiger partial charge in [-0.15, -0.1) is 0 Å². The molecule has 3 rings (SSSR count). The number of hydrogen-bond donors (Lipinski definition) is 1. The maximum atomic E-state index is 13.3. The van der Waals surface area contributed by atoms with Crippen molar-refractivity contribution in [2.24, 2.45) is 5.92 Å². The summed E-state index contributed by atoms with van der Waals surface area (Å²) in [6.45, 7) is 8.98. The van der Waals surface area contributed by atoms with Crippen molar-refractivity contribution in [3.63, 3.8) is 0 Å². The first kappa shape index (κ1) is 25.3. The fourth-order valence-corrected chi connectivity index (χ4v) is 5.08. The van der Waals surface area contributed by atoms with Gasteiger partial charge in [0.05, 0.1) is 12.5 Å². The molecule has 33 heavy (non-hydrogen) atoms. The molecule has 7 heteroatoms. The summed E-state index contributed by atoms with van der Waals surface area (Å²) in [7, 11) is 0. The van der Waals surface area contributed by atoms with E-state index in [1.165, 1.54) is 0 Å². The number of carboxylic acids is 1. The van der Waals surface area contributed by atoms with E-state index in [9.17, 15) is 14.7 Å². The van der Waals surface area contributed by atoms with Gasteiger partial charge in [-0.05, 0) is 37.0 Å². The molecule has 184 valence electrons. The van der Waals surface area contributed by atoms with Crippen molar-refractivity contribution in [1.29, 1.82) is 0 Å². The third-order valence-electron chi connectivity index (χ3n) is 6.97. The van der Waals surface area contributed by atoms with E-state index in [1.807, 2.05) is 23.1 Å². The van der Waals surface area contributed by atoms with E-state index in [2.05, 4.69) is 25.7 Å². The van der Waals surface area contributed by atoms with Gasteiger partial charge in [-0.2, -0.15) is 0 Å². The predicted molar refractivity (Wildman–Crippen MR) is 128 cm³/mol. The van der Waals surface area contributed by atoms with E-state index in [-0.39, 0.29) is 31.2 Å². The van der Waals surface area contributed by atoms with Crippen molar-refractivity contribution >= 4 is 11.9 Å². The maximum absolute atomic E-state index is 13.3. The zero-order valence-corrected chi connectivity index (χ0v) is 20.4. The number of unbranched alkanes of at least 4 members (excludes halogenated alkanes) is 3. The minimum atomic E-state index is -0.789. The highest BCUT2D eigenvalue weighted by Gasteiger charge is 2.47. The lowest BCUT2D eigenvalue weighted by Crippen LogP contribution is -2.44. The molecule has 1 aromatic carbocycles. The normalized spacial score (nSPS) is 22.0. The van der Waals surface area contributed by atoms with Gasteiger partial charge in [-0.3, -0.25) is 14.5 Å². The summed E-state index contributed by atoms with van der Waals surface area (Å²) >= 11 is 0. The van der Waals surface area contributed by atoms with E-state index >= 15 is 0 Å². The minimum absolute atomic E-state index is 0.119. The molecule has 7 nitrogen and oxygen atoms in total. The average Bonchev–Trinajstić information content (AvgIpc) is 3.41. The first-order chi connectivity index (χ1) is 16.0. The summed E-state index contributed by atoms with van der Waals surface area (Å²) in [6, 6.07) is 5.58. The van der Waals surface area contributed by atoms with Gasteiger partial charge in [0.1, 0.15) is 0 Å². The molecule has 0 bridgehead atoms. The van der Waals surface area contributed by atoms with Crippen LogP contribution < -0.4 is 9.47 Å². The van der Waals surface area contributed by atoms with Crippen molar-refractivity contribution in [1.82, 2.24) is 9.80 Å². The Hall–Kier alpha value is -2.28. The zero-order valence-electron chi connectivity index (χ0n) is 20.4. The standard InChI is InChI=1S/C26H40N2O5/c1-4-7-10-21-25(26(30)31)20(19-11-12-22-23(15-19)33-18-32-22)16-28(21)17-24(29)27(13-8-5-2)14-9-6-3/h11-12,15,20-21,25H,4-10,13-14,16-18H2,1-3H3,(H,30,31)/t20-,21-,25+/m1/s1. The number of fused-ring (bicyclic) bond motifs is 1. The second kappa shape index (κ2) is 12.3. The lowest BCUT2D eigenvalue weighted by Gasteiger charge is -2.29. The number of likely N-dealkylation sites (tertiary alicyclic amines) is 1. The van der Waals surface area contributed by atoms with E-state index in [4.69, 9.17) is 9.47 Å². The molecule has 0 aromatic heterocycles. The van der Waals surface area contributed by atoms with Crippen LogP contribution in [0.5, 0.6) is 11.5 Å². The van der Waals surface area contributed by atoms with Gasteiger partial charge >= 0.3 is 5.97 Å². The van der Waals surface area contributed by atoms with Gasteiger partial charge in [0.15, 0.2) is 11.5 Å². The highest BCUT2D eigenvalue weighted by molar-refractivity contribution is 5.79. The second-order valence-electron chi connectivity index (χ2n) is 9.31. The van der Waals surface area contributed by atoms with E-state index < -0.39 is 11.9 Å². The van der Waals surface area contributed by atoms with Crippen LogP contribution >= 0.6 is 0 Å². The van der Waals surface area contributed by atoms with Gasteiger partial charge in [-0.1, -0.05) is 52.5 Å². The van der Waals surface area contributed by atoms with Crippen LogP contribution in [0.15, 0.2) is 18.2 Å². The number of ether oxygens (including phenoxy) is 2. The summed E-state index contributed by atoms with van der Waals surface area (Å²) in [5.74, 6) is -0.0467. The van der Waals surface area contributed by atoms with Crippen LogP contribution in [0.25, 0.3) is 0 Å². The molecular formula is C26H40N2O5. The van der Waals surface area contributed by atoms with Crippen molar-refractivity contribution in [2.45, 2.75) is 77.7 Å². The number of carbonyl (C=O) groups excluding carboxylic acids is 1. The smallest absolute Gasteiger partial charge is 0.308 e. The van der Waals surface area contributed by atoms with Gasteiger partial charge in [-0.25, -0.2) is 0 Å². The summed E-state index contributed by atoms with van der Waals surface area (Å²) < 4.78 is 11.0. The van der Waals surface area contributed by atoms with Crippen LogP contribution in [0.2, 0.25) is 0 Å². The Labute approximate surface area is 198 Å². The van der Waals surface area contributed by atoms with E-state index in [0.29, 0.717) is 18.0 Å². The summed E-state index contributed by atoms with van der Waals surface area (Å²) in [6.07, 6.45) is 6.81. The quantitative estimate of drug-likeness (QED) is 0.467. The van der Waals surface area contributed by atoms with Crippen molar-refractivity contribution in [2.75, 3.05) is 33.0 Å². The van der Waals surface area contributed by atoms with E-state index in [0.717, 1.165) is 63.6 Å². The molecule has 2 aliphatic rings. The maximum Gasteiger partial charge on any atom is 0.308 e. The molecule has 0 saturated carbocycles. The summed E-state index contributed by atoms with van der Waals surface area (Å²) in [5, 5.41) is 10.2. The molecule has 0 aliphatic carbocycles. The van der Waals surface area contributed by atoms with Crippen LogP contribution in [0, 0.1) is 5.92 Å². The number of amides is 1. The van der Waals surface area contributed by atoms with Gasteiger partial charge < -0.3 is 19.5 Å². The molecule has 1 amide bonds. The Kier molecular flexibility index (Phi) is 9.41. The number of carboxylic acid groups (broad SMARTS) is 1. The average molecular weight is 461 g/mol. The minimum Gasteiger partial charge on any atom is -0.481 e. The lowest BCUT2D eigenvalue weighted by molar-refractivity contribution is -0.143.